The summed E-state index contributed by atoms with van der Waals surface area (Å²) in [6.07, 6.45) is -0.712. The Bertz CT molecular complexity index is 307. The molecule has 1 radical (unpaired) electrons. The number of hydrogen-bond acceptors (Lipinski definition) is 3. The van der Waals surface area contributed by atoms with Gasteiger partial charge in [-0.2, -0.15) is 0 Å². The van der Waals surface area contributed by atoms with Gasteiger partial charge < -0.3 is 14.6 Å². The van der Waals surface area contributed by atoms with Crippen LogP contribution in [0.4, 0.5) is 0 Å². The van der Waals surface area contributed by atoms with Crippen molar-refractivity contribution in [3.8, 4) is 11.5 Å². The van der Waals surface area contributed by atoms with E-state index in [4.69, 9.17) is 9.47 Å². The molecule has 0 spiro atoms. The predicted octanol–water partition coefficient (Wildman–Crippen LogP) is 1.33. The lowest BCUT2D eigenvalue weighted by Crippen LogP contribution is -2.15. The van der Waals surface area contributed by atoms with Crippen molar-refractivity contribution >= 4 is 0 Å². The number of aliphatic hydroxyl groups excluding tert-OH is 1. The molecule has 0 saturated carbocycles. The van der Waals surface area contributed by atoms with Gasteiger partial charge in [0.25, 0.3) is 0 Å². The molecule has 1 heterocycles. The molecule has 2 rings (SSSR count). The second-order valence-corrected chi connectivity index (χ2v) is 2.92. The summed E-state index contributed by atoms with van der Waals surface area (Å²) < 4.78 is 10.7. The average Bonchev–Trinajstić information content (AvgIpc) is 2.17. The molecule has 69 valence electrons. The van der Waals surface area contributed by atoms with E-state index < -0.39 is 6.10 Å². The third kappa shape index (κ3) is 1.60. The van der Waals surface area contributed by atoms with Crippen molar-refractivity contribution in [2.75, 3.05) is 13.2 Å². The molecule has 1 atom stereocenters. The van der Waals surface area contributed by atoms with Crippen LogP contribution in [0.25, 0.3) is 0 Å². The van der Waals surface area contributed by atoms with E-state index >= 15 is 0 Å². The highest BCUT2D eigenvalue weighted by Gasteiger charge is 2.12. The number of fused-ring (bicyclic) bond motifs is 1. The van der Waals surface area contributed by atoms with E-state index in [9.17, 15) is 5.11 Å². The fourth-order valence-corrected chi connectivity index (χ4v) is 1.27. The van der Waals surface area contributed by atoms with Crippen molar-refractivity contribution in [1.29, 1.82) is 0 Å². The molecule has 1 aromatic rings. The van der Waals surface area contributed by atoms with E-state index in [0.717, 1.165) is 11.3 Å². The molecule has 0 amide bonds. The minimum Gasteiger partial charge on any atom is -0.486 e. The Labute approximate surface area is 76.9 Å². The van der Waals surface area contributed by atoms with Gasteiger partial charge in [-0.25, -0.2) is 0 Å². The fourth-order valence-electron chi connectivity index (χ4n) is 1.27. The maximum absolute atomic E-state index is 9.22. The molecular weight excluding hydrogens is 168 g/mol. The number of rotatable bonds is 1. The normalized spacial score (nSPS) is 16.8. The third-order valence-corrected chi connectivity index (χ3v) is 1.95. The van der Waals surface area contributed by atoms with Crippen LogP contribution in [0.15, 0.2) is 18.2 Å². The van der Waals surface area contributed by atoms with Crippen LogP contribution in [-0.2, 0) is 0 Å². The van der Waals surface area contributed by atoms with E-state index in [0.29, 0.717) is 19.0 Å². The third-order valence-electron chi connectivity index (χ3n) is 1.95. The van der Waals surface area contributed by atoms with Crippen LogP contribution in [-0.4, -0.2) is 18.3 Å². The van der Waals surface area contributed by atoms with Gasteiger partial charge in [0, 0.05) is 0 Å². The van der Waals surface area contributed by atoms with Gasteiger partial charge in [-0.15, -0.1) is 0 Å². The van der Waals surface area contributed by atoms with Crippen molar-refractivity contribution in [3.63, 3.8) is 0 Å². The molecular formula is C10H11O3. The first-order chi connectivity index (χ1) is 6.27. The predicted molar refractivity (Wildman–Crippen MR) is 47.7 cm³/mol. The number of benzene rings is 1. The molecule has 1 unspecified atom stereocenters. The second-order valence-electron chi connectivity index (χ2n) is 2.92. The summed E-state index contributed by atoms with van der Waals surface area (Å²) in [5.74, 6) is 1.42. The number of hydrogen-bond donors (Lipinski definition) is 1. The number of aliphatic hydroxyl groups is 1. The molecule has 1 aliphatic heterocycles. The topological polar surface area (TPSA) is 38.7 Å². The number of ether oxygens (including phenoxy) is 2. The van der Waals surface area contributed by atoms with Gasteiger partial charge in [-0.05, 0) is 24.6 Å². The maximum Gasteiger partial charge on any atom is 0.161 e. The lowest BCUT2D eigenvalue weighted by atomic mass is 10.1. The highest BCUT2D eigenvalue weighted by atomic mass is 16.6. The summed E-state index contributed by atoms with van der Waals surface area (Å²) in [4.78, 5) is 0. The zero-order valence-electron chi connectivity index (χ0n) is 7.19. The van der Waals surface area contributed by atoms with Crippen molar-refractivity contribution < 1.29 is 14.6 Å². The van der Waals surface area contributed by atoms with Crippen LogP contribution in [0.3, 0.4) is 0 Å². The second kappa shape index (κ2) is 3.26. The van der Waals surface area contributed by atoms with Gasteiger partial charge in [0.1, 0.15) is 13.2 Å². The quantitative estimate of drug-likeness (QED) is 0.706. The lowest BCUT2D eigenvalue weighted by molar-refractivity contribution is 0.170. The van der Waals surface area contributed by atoms with E-state index in [1.807, 2.05) is 0 Å². The zero-order valence-corrected chi connectivity index (χ0v) is 7.19. The van der Waals surface area contributed by atoms with Crippen LogP contribution >= 0.6 is 0 Å². The summed E-state index contributed by atoms with van der Waals surface area (Å²) in [5.41, 5.74) is 0.740. The van der Waals surface area contributed by atoms with Gasteiger partial charge in [0.2, 0.25) is 0 Å². The smallest absolute Gasteiger partial charge is 0.161 e. The van der Waals surface area contributed by atoms with Crippen LogP contribution in [0, 0.1) is 6.92 Å². The molecule has 1 aliphatic rings. The summed E-state index contributed by atoms with van der Waals surface area (Å²) >= 11 is 0. The molecule has 3 nitrogen and oxygen atoms in total. The molecule has 13 heavy (non-hydrogen) atoms. The first kappa shape index (κ1) is 8.38. The van der Waals surface area contributed by atoms with Gasteiger partial charge in [-0.3, -0.25) is 0 Å². The van der Waals surface area contributed by atoms with Crippen LogP contribution in [0.1, 0.15) is 11.7 Å². The van der Waals surface area contributed by atoms with Gasteiger partial charge in [-0.1, -0.05) is 6.07 Å². The largest absolute Gasteiger partial charge is 0.486 e. The Hall–Kier alpha value is -1.22. The molecule has 0 fully saturated rings. The van der Waals surface area contributed by atoms with Crippen LogP contribution in [0.5, 0.6) is 11.5 Å². The Kier molecular flexibility index (Phi) is 2.10. The van der Waals surface area contributed by atoms with Crippen molar-refractivity contribution in [2.45, 2.75) is 6.10 Å². The monoisotopic (exact) mass is 179 g/mol. The Balaban J connectivity index is 2.35. The standard InChI is InChI=1S/C10H11O3/c1-7(11)8-2-3-9-10(6-8)13-5-4-12-9/h2-3,6-7,11H,1,4-5H2. The molecule has 0 bridgehead atoms. The van der Waals surface area contributed by atoms with Crippen LogP contribution < -0.4 is 9.47 Å². The zero-order chi connectivity index (χ0) is 9.26. The minimum absolute atomic E-state index is 0.559. The first-order valence-corrected chi connectivity index (χ1v) is 4.18. The minimum atomic E-state index is -0.712. The van der Waals surface area contributed by atoms with Crippen molar-refractivity contribution in [3.05, 3.63) is 30.7 Å². The van der Waals surface area contributed by atoms with E-state index in [1.54, 1.807) is 18.2 Å². The fraction of sp³-hybridized carbons (Fsp3) is 0.300. The average molecular weight is 179 g/mol. The summed E-state index contributed by atoms with van der Waals surface area (Å²) in [7, 11) is 0. The lowest BCUT2D eigenvalue weighted by Gasteiger charge is -2.19. The summed E-state index contributed by atoms with van der Waals surface area (Å²) in [5, 5.41) is 9.22. The van der Waals surface area contributed by atoms with E-state index in [2.05, 4.69) is 6.92 Å². The highest BCUT2D eigenvalue weighted by Crippen LogP contribution is 2.32. The Morgan fingerprint density at radius 2 is 1.92 bits per heavy atom. The SMILES string of the molecule is [CH2]C(O)c1ccc2c(c1)OCCO2. The van der Waals surface area contributed by atoms with Crippen molar-refractivity contribution in [2.24, 2.45) is 0 Å². The highest BCUT2D eigenvalue weighted by molar-refractivity contribution is 5.44. The molecule has 0 aliphatic carbocycles. The van der Waals surface area contributed by atoms with Gasteiger partial charge >= 0.3 is 0 Å². The van der Waals surface area contributed by atoms with Gasteiger partial charge in [0.15, 0.2) is 11.5 Å². The van der Waals surface area contributed by atoms with Gasteiger partial charge in [0.05, 0.1) is 6.10 Å². The van der Waals surface area contributed by atoms with E-state index in [1.165, 1.54) is 0 Å². The van der Waals surface area contributed by atoms with Crippen LogP contribution in [0.2, 0.25) is 0 Å². The molecule has 1 N–H and O–H groups in total. The Morgan fingerprint density at radius 3 is 2.62 bits per heavy atom. The maximum atomic E-state index is 9.22. The molecule has 0 aromatic heterocycles. The molecule has 0 saturated heterocycles. The summed E-state index contributed by atoms with van der Waals surface area (Å²) in [6, 6.07) is 5.33. The Morgan fingerprint density at radius 1 is 1.23 bits per heavy atom. The molecule has 1 aromatic carbocycles. The first-order valence-electron chi connectivity index (χ1n) is 4.18. The van der Waals surface area contributed by atoms with E-state index in [-0.39, 0.29) is 0 Å². The summed E-state index contributed by atoms with van der Waals surface area (Å²) in [6.45, 7) is 4.66. The van der Waals surface area contributed by atoms with Crippen molar-refractivity contribution in [1.82, 2.24) is 0 Å². The molecule has 3 heteroatoms.